The fourth-order valence-electron chi connectivity index (χ4n) is 2.75. The average Bonchev–Trinajstić information content (AvgIpc) is 2.67. The lowest BCUT2D eigenvalue weighted by molar-refractivity contribution is -0.155. The standard InChI is InChI=1S/C20H17FN2O5/c1-12(19(26)22-15-8-6-14(21)7-9-15)28-18(25)11-23-17(24)10-13-4-2-3-5-16(13)20(23)27/h2-9,12H,10-11H2,1H3,(H,22,26)/t12-/m0/s1. The Morgan fingerprint density at radius 3 is 2.54 bits per heavy atom. The van der Waals surface area contributed by atoms with E-state index in [0.717, 1.165) is 4.90 Å². The Morgan fingerprint density at radius 1 is 1.14 bits per heavy atom. The maximum atomic E-state index is 12.9. The van der Waals surface area contributed by atoms with E-state index >= 15 is 0 Å². The lowest BCUT2D eigenvalue weighted by Crippen LogP contribution is -2.46. The molecule has 3 rings (SSSR count). The molecular weight excluding hydrogens is 367 g/mol. The van der Waals surface area contributed by atoms with Crippen molar-refractivity contribution < 1.29 is 28.3 Å². The molecule has 0 aromatic heterocycles. The first kappa shape index (κ1) is 19.2. The van der Waals surface area contributed by atoms with Crippen LogP contribution in [-0.4, -0.2) is 41.2 Å². The van der Waals surface area contributed by atoms with E-state index in [9.17, 15) is 23.6 Å². The molecule has 0 unspecified atom stereocenters. The van der Waals surface area contributed by atoms with Gasteiger partial charge in [0.25, 0.3) is 11.8 Å². The van der Waals surface area contributed by atoms with Gasteiger partial charge in [-0.1, -0.05) is 18.2 Å². The Bertz CT molecular complexity index is 942. The first-order chi connectivity index (χ1) is 13.3. The number of hydrogen-bond acceptors (Lipinski definition) is 5. The van der Waals surface area contributed by atoms with Gasteiger partial charge in [-0.2, -0.15) is 0 Å². The number of fused-ring (bicyclic) bond motifs is 1. The maximum Gasteiger partial charge on any atom is 0.326 e. The number of amides is 3. The summed E-state index contributed by atoms with van der Waals surface area (Å²) in [5.41, 5.74) is 1.30. The van der Waals surface area contributed by atoms with Crippen molar-refractivity contribution in [2.75, 3.05) is 11.9 Å². The lowest BCUT2D eigenvalue weighted by atomic mass is 9.98. The van der Waals surface area contributed by atoms with Crippen molar-refractivity contribution >= 4 is 29.4 Å². The number of imide groups is 1. The maximum absolute atomic E-state index is 12.9. The first-order valence-electron chi connectivity index (χ1n) is 8.53. The van der Waals surface area contributed by atoms with Crippen molar-refractivity contribution in [1.82, 2.24) is 4.90 Å². The summed E-state index contributed by atoms with van der Waals surface area (Å²) < 4.78 is 17.9. The molecule has 0 radical (unpaired) electrons. The van der Waals surface area contributed by atoms with Gasteiger partial charge in [0.1, 0.15) is 12.4 Å². The molecule has 1 N–H and O–H groups in total. The van der Waals surface area contributed by atoms with Crippen LogP contribution in [0.25, 0.3) is 0 Å². The number of carbonyl (C=O) groups excluding carboxylic acids is 4. The van der Waals surface area contributed by atoms with Gasteiger partial charge in [-0.3, -0.25) is 24.1 Å². The molecule has 0 spiro atoms. The van der Waals surface area contributed by atoms with E-state index in [2.05, 4.69) is 5.32 Å². The van der Waals surface area contributed by atoms with Crippen LogP contribution in [0.4, 0.5) is 10.1 Å². The number of benzene rings is 2. The summed E-state index contributed by atoms with van der Waals surface area (Å²) in [6.45, 7) is 0.770. The number of carbonyl (C=O) groups is 4. The molecule has 1 aliphatic heterocycles. The van der Waals surface area contributed by atoms with Crippen molar-refractivity contribution in [3.05, 3.63) is 65.5 Å². The fourth-order valence-corrected chi connectivity index (χ4v) is 2.75. The Hall–Kier alpha value is -3.55. The zero-order valence-electron chi connectivity index (χ0n) is 15.0. The highest BCUT2D eigenvalue weighted by atomic mass is 19.1. The largest absolute Gasteiger partial charge is 0.451 e. The van der Waals surface area contributed by atoms with Crippen molar-refractivity contribution in [3.63, 3.8) is 0 Å². The van der Waals surface area contributed by atoms with Gasteiger partial charge in [-0.05, 0) is 42.8 Å². The number of halogens is 1. The summed E-state index contributed by atoms with van der Waals surface area (Å²) in [6.07, 6.45) is -1.16. The number of anilines is 1. The highest BCUT2D eigenvalue weighted by molar-refractivity contribution is 6.11. The van der Waals surface area contributed by atoms with Crippen LogP contribution in [-0.2, 0) is 25.5 Å². The van der Waals surface area contributed by atoms with Gasteiger partial charge < -0.3 is 10.1 Å². The highest BCUT2D eigenvalue weighted by Gasteiger charge is 2.33. The molecule has 3 amide bonds. The van der Waals surface area contributed by atoms with Crippen LogP contribution in [0.2, 0.25) is 0 Å². The van der Waals surface area contributed by atoms with Gasteiger partial charge in [0, 0.05) is 11.3 Å². The predicted molar refractivity (Wildman–Crippen MR) is 96.8 cm³/mol. The van der Waals surface area contributed by atoms with Crippen molar-refractivity contribution in [2.45, 2.75) is 19.4 Å². The first-order valence-corrected chi connectivity index (χ1v) is 8.53. The number of nitrogens with one attached hydrogen (secondary N) is 1. The molecule has 8 heteroatoms. The molecule has 0 saturated heterocycles. The van der Waals surface area contributed by atoms with Crippen LogP contribution >= 0.6 is 0 Å². The van der Waals surface area contributed by atoms with Gasteiger partial charge >= 0.3 is 5.97 Å². The number of rotatable bonds is 5. The van der Waals surface area contributed by atoms with Crippen molar-refractivity contribution in [2.24, 2.45) is 0 Å². The van der Waals surface area contributed by atoms with Crippen LogP contribution in [0.1, 0.15) is 22.8 Å². The van der Waals surface area contributed by atoms with Crippen LogP contribution in [0, 0.1) is 5.82 Å². The number of hydrogen-bond donors (Lipinski definition) is 1. The summed E-state index contributed by atoms with van der Waals surface area (Å²) in [5, 5.41) is 2.48. The van der Waals surface area contributed by atoms with Gasteiger partial charge in [-0.15, -0.1) is 0 Å². The third kappa shape index (κ3) is 4.22. The zero-order valence-corrected chi connectivity index (χ0v) is 15.0. The van der Waals surface area contributed by atoms with Crippen molar-refractivity contribution in [1.29, 1.82) is 0 Å². The molecular formula is C20H17FN2O5. The van der Waals surface area contributed by atoms with Gasteiger partial charge in [0.2, 0.25) is 5.91 Å². The molecule has 2 aromatic rings. The summed E-state index contributed by atoms with van der Waals surface area (Å²) in [6, 6.07) is 11.8. The number of nitrogens with zero attached hydrogens (tertiary/aromatic N) is 1. The third-order valence-corrected chi connectivity index (χ3v) is 4.21. The summed E-state index contributed by atoms with van der Waals surface area (Å²) in [4.78, 5) is 49.6. The minimum Gasteiger partial charge on any atom is -0.451 e. The van der Waals surface area contributed by atoms with Crippen LogP contribution < -0.4 is 5.32 Å². The van der Waals surface area contributed by atoms with E-state index in [1.165, 1.54) is 31.2 Å². The quantitative estimate of drug-likeness (QED) is 0.628. The van der Waals surface area contributed by atoms with Gasteiger partial charge in [0.15, 0.2) is 6.10 Å². The molecule has 28 heavy (non-hydrogen) atoms. The van der Waals surface area contributed by atoms with Crippen LogP contribution in [0.3, 0.4) is 0 Å². The molecule has 1 atom stereocenters. The SMILES string of the molecule is C[C@H](OC(=O)CN1C(=O)Cc2ccccc2C1=O)C(=O)Nc1ccc(F)cc1. The third-order valence-electron chi connectivity index (χ3n) is 4.21. The van der Waals surface area contributed by atoms with E-state index in [0.29, 0.717) is 16.8 Å². The molecule has 0 saturated carbocycles. The van der Waals surface area contributed by atoms with Crippen LogP contribution in [0.15, 0.2) is 48.5 Å². The average molecular weight is 384 g/mol. The second kappa shape index (κ2) is 7.99. The molecule has 1 aliphatic rings. The second-order valence-electron chi connectivity index (χ2n) is 6.25. The Morgan fingerprint density at radius 2 is 1.82 bits per heavy atom. The summed E-state index contributed by atoms with van der Waals surface area (Å²) >= 11 is 0. The Balaban J connectivity index is 1.59. The monoisotopic (exact) mass is 384 g/mol. The Labute approximate surface area is 160 Å². The number of ether oxygens (including phenoxy) is 1. The highest BCUT2D eigenvalue weighted by Crippen LogP contribution is 2.19. The molecule has 0 fully saturated rings. The molecule has 1 heterocycles. The molecule has 0 aliphatic carbocycles. The summed E-state index contributed by atoms with van der Waals surface area (Å²) in [7, 11) is 0. The minimum absolute atomic E-state index is 0.00972. The van der Waals surface area contributed by atoms with Crippen LogP contribution in [0.5, 0.6) is 0 Å². The smallest absolute Gasteiger partial charge is 0.326 e. The van der Waals surface area contributed by atoms with E-state index in [-0.39, 0.29) is 6.42 Å². The van der Waals surface area contributed by atoms with E-state index < -0.39 is 42.2 Å². The second-order valence-corrected chi connectivity index (χ2v) is 6.25. The fraction of sp³-hybridized carbons (Fsp3) is 0.200. The molecule has 7 nitrogen and oxygen atoms in total. The van der Waals surface area contributed by atoms with Gasteiger partial charge in [0.05, 0.1) is 6.42 Å². The zero-order chi connectivity index (χ0) is 20.3. The normalized spacial score (nSPS) is 14.3. The predicted octanol–water partition coefficient (Wildman–Crippen LogP) is 1.92. The molecule has 2 aromatic carbocycles. The number of esters is 1. The summed E-state index contributed by atoms with van der Waals surface area (Å²) in [5.74, 6) is -3.05. The van der Waals surface area contributed by atoms with E-state index in [1.54, 1.807) is 24.3 Å². The van der Waals surface area contributed by atoms with E-state index in [4.69, 9.17) is 4.74 Å². The minimum atomic E-state index is -1.17. The topological polar surface area (TPSA) is 92.8 Å². The Kier molecular flexibility index (Phi) is 5.49. The molecule has 0 bridgehead atoms. The molecule has 144 valence electrons. The lowest BCUT2D eigenvalue weighted by Gasteiger charge is -2.26. The van der Waals surface area contributed by atoms with Gasteiger partial charge in [-0.25, -0.2) is 4.39 Å². The van der Waals surface area contributed by atoms with E-state index in [1.807, 2.05) is 0 Å². The van der Waals surface area contributed by atoms with Crippen molar-refractivity contribution in [3.8, 4) is 0 Å².